The van der Waals surface area contributed by atoms with E-state index in [1.807, 2.05) is 18.2 Å². The van der Waals surface area contributed by atoms with E-state index >= 15 is 0 Å². The van der Waals surface area contributed by atoms with Gasteiger partial charge in [-0.1, -0.05) is 24.3 Å². The molecule has 2 atom stereocenters. The maximum Gasteiger partial charge on any atom is 0.308 e. The fraction of sp³-hybridized carbons (Fsp3) is 0.474. The summed E-state index contributed by atoms with van der Waals surface area (Å²) in [4.78, 5) is 18.6. The lowest BCUT2D eigenvalue weighted by Crippen LogP contribution is -2.48. The molecule has 3 rings (SSSR count). The molecule has 0 N–H and O–H groups in total. The van der Waals surface area contributed by atoms with Gasteiger partial charge in [0.25, 0.3) is 0 Å². The minimum Gasteiger partial charge on any atom is -0.469 e. The molecule has 2 aromatic rings. The van der Waals surface area contributed by atoms with Gasteiger partial charge in [-0.15, -0.1) is 0 Å². The van der Waals surface area contributed by atoms with Crippen LogP contribution in [0.3, 0.4) is 0 Å². The molecule has 1 saturated heterocycles. The zero-order chi connectivity index (χ0) is 16.9. The van der Waals surface area contributed by atoms with Crippen LogP contribution in [-0.4, -0.2) is 54.8 Å². The van der Waals surface area contributed by atoms with Crippen LogP contribution < -0.4 is 0 Å². The van der Waals surface area contributed by atoms with Crippen LogP contribution in [-0.2, 0) is 20.7 Å². The van der Waals surface area contributed by atoms with Crippen molar-refractivity contribution in [2.24, 2.45) is 0 Å². The number of benzene rings is 1. The Bertz CT molecular complexity index is 704. The highest BCUT2D eigenvalue weighted by molar-refractivity contribution is 5.78. The molecule has 1 aliphatic rings. The summed E-state index contributed by atoms with van der Waals surface area (Å²) in [6, 6.07) is 12.8. The second-order valence-electron chi connectivity index (χ2n) is 6.32. The van der Waals surface area contributed by atoms with Crippen LogP contribution in [0.4, 0.5) is 0 Å². The number of rotatable bonds is 5. The maximum absolute atomic E-state index is 11.4. The highest BCUT2D eigenvalue weighted by atomic mass is 16.5. The number of hydrogen-bond acceptors (Lipinski definition) is 5. The third-order valence-corrected chi connectivity index (χ3v) is 4.58. The number of pyridine rings is 1. The number of morpholine rings is 1. The van der Waals surface area contributed by atoms with Crippen molar-refractivity contribution in [1.82, 2.24) is 9.88 Å². The standard InChI is InChI=1S/C19H24N2O3/c1-14(21-9-10-24-17(13-21)12-19(22)23-2)11-16-8-7-15-5-3-4-6-18(15)20-16/h3-8,14,17H,9-13H2,1-2H3/t14-,17-/m1/s1. The van der Waals surface area contributed by atoms with Crippen molar-refractivity contribution >= 4 is 16.9 Å². The zero-order valence-corrected chi connectivity index (χ0v) is 14.3. The predicted octanol–water partition coefficient (Wildman–Crippen LogP) is 2.43. The molecular formula is C19H24N2O3. The molecular weight excluding hydrogens is 304 g/mol. The van der Waals surface area contributed by atoms with Crippen molar-refractivity contribution in [3.05, 3.63) is 42.1 Å². The van der Waals surface area contributed by atoms with Crippen molar-refractivity contribution in [2.75, 3.05) is 26.8 Å². The number of esters is 1. The zero-order valence-electron chi connectivity index (χ0n) is 14.3. The Hall–Kier alpha value is -1.98. The van der Waals surface area contributed by atoms with Crippen LogP contribution in [0.25, 0.3) is 10.9 Å². The summed E-state index contributed by atoms with van der Waals surface area (Å²) in [6.45, 7) is 4.49. The second-order valence-corrected chi connectivity index (χ2v) is 6.32. The predicted molar refractivity (Wildman–Crippen MR) is 92.9 cm³/mol. The number of fused-ring (bicyclic) bond motifs is 1. The molecule has 5 nitrogen and oxygen atoms in total. The van der Waals surface area contributed by atoms with Crippen LogP contribution in [0.5, 0.6) is 0 Å². The molecule has 1 aliphatic heterocycles. The smallest absolute Gasteiger partial charge is 0.308 e. The van der Waals surface area contributed by atoms with Gasteiger partial charge in [0.1, 0.15) is 0 Å². The Kier molecular flexibility index (Phi) is 5.43. The third kappa shape index (κ3) is 4.10. The van der Waals surface area contributed by atoms with E-state index in [2.05, 4.69) is 30.0 Å². The highest BCUT2D eigenvalue weighted by Gasteiger charge is 2.26. The van der Waals surface area contributed by atoms with Crippen LogP contribution in [0.15, 0.2) is 36.4 Å². The molecule has 1 fully saturated rings. The molecule has 0 saturated carbocycles. The summed E-state index contributed by atoms with van der Waals surface area (Å²) < 4.78 is 10.4. The molecule has 5 heteroatoms. The lowest BCUT2D eigenvalue weighted by atomic mass is 10.1. The lowest BCUT2D eigenvalue weighted by molar-refractivity contribution is -0.146. The number of ether oxygens (including phenoxy) is 2. The Labute approximate surface area is 142 Å². The number of hydrogen-bond donors (Lipinski definition) is 0. The van der Waals surface area contributed by atoms with Gasteiger partial charge in [-0.05, 0) is 19.1 Å². The quantitative estimate of drug-likeness (QED) is 0.789. The van der Waals surface area contributed by atoms with Crippen LogP contribution >= 0.6 is 0 Å². The fourth-order valence-electron chi connectivity index (χ4n) is 3.19. The number of para-hydroxylation sites is 1. The first kappa shape index (κ1) is 16.9. The van der Waals surface area contributed by atoms with Gasteiger partial charge in [0.2, 0.25) is 0 Å². The molecule has 0 amide bonds. The van der Waals surface area contributed by atoms with Crippen LogP contribution in [0.1, 0.15) is 19.0 Å². The first-order chi connectivity index (χ1) is 11.7. The molecule has 24 heavy (non-hydrogen) atoms. The highest BCUT2D eigenvalue weighted by Crippen LogP contribution is 2.17. The minimum atomic E-state index is -0.217. The third-order valence-electron chi connectivity index (χ3n) is 4.58. The average molecular weight is 328 g/mol. The fourth-order valence-corrected chi connectivity index (χ4v) is 3.19. The first-order valence-corrected chi connectivity index (χ1v) is 8.43. The summed E-state index contributed by atoms with van der Waals surface area (Å²) in [5.41, 5.74) is 2.13. The van der Waals surface area contributed by atoms with E-state index in [1.165, 1.54) is 12.5 Å². The van der Waals surface area contributed by atoms with E-state index in [0.717, 1.165) is 30.7 Å². The summed E-state index contributed by atoms with van der Waals surface area (Å²) in [7, 11) is 1.41. The maximum atomic E-state index is 11.4. The Balaban J connectivity index is 1.62. The minimum absolute atomic E-state index is 0.0850. The first-order valence-electron chi connectivity index (χ1n) is 8.43. The van der Waals surface area contributed by atoms with Crippen LogP contribution in [0, 0.1) is 0 Å². The van der Waals surface area contributed by atoms with Crippen molar-refractivity contribution in [3.8, 4) is 0 Å². The van der Waals surface area contributed by atoms with E-state index in [4.69, 9.17) is 14.5 Å². The SMILES string of the molecule is COC(=O)C[C@@H]1CN([C@H](C)Cc2ccc3ccccc3n2)CCO1. The van der Waals surface area contributed by atoms with E-state index < -0.39 is 0 Å². The van der Waals surface area contributed by atoms with Crippen molar-refractivity contribution in [3.63, 3.8) is 0 Å². The number of carbonyl (C=O) groups is 1. The number of methoxy groups -OCH3 is 1. The van der Waals surface area contributed by atoms with Crippen molar-refractivity contribution in [1.29, 1.82) is 0 Å². The molecule has 0 unspecified atom stereocenters. The summed E-state index contributed by atoms with van der Waals surface area (Å²) in [5, 5.41) is 1.17. The van der Waals surface area contributed by atoms with Gasteiger partial charge in [0.15, 0.2) is 0 Å². The Morgan fingerprint density at radius 3 is 3.04 bits per heavy atom. The van der Waals surface area contributed by atoms with Gasteiger partial charge in [-0.3, -0.25) is 14.7 Å². The molecule has 0 aliphatic carbocycles. The van der Waals surface area contributed by atoms with Crippen LogP contribution in [0.2, 0.25) is 0 Å². The van der Waals surface area contributed by atoms with Gasteiger partial charge >= 0.3 is 5.97 Å². The topological polar surface area (TPSA) is 51.7 Å². The molecule has 1 aromatic carbocycles. The Morgan fingerprint density at radius 2 is 2.21 bits per heavy atom. The Morgan fingerprint density at radius 1 is 1.38 bits per heavy atom. The van der Waals surface area contributed by atoms with E-state index in [0.29, 0.717) is 19.1 Å². The molecule has 0 spiro atoms. The average Bonchev–Trinajstić information content (AvgIpc) is 2.61. The number of carbonyl (C=O) groups excluding carboxylic acids is 1. The molecule has 2 heterocycles. The van der Waals surface area contributed by atoms with E-state index in [9.17, 15) is 4.79 Å². The summed E-state index contributed by atoms with van der Waals surface area (Å²) >= 11 is 0. The van der Waals surface area contributed by atoms with E-state index in [1.54, 1.807) is 0 Å². The molecule has 128 valence electrons. The molecule has 1 aromatic heterocycles. The van der Waals surface area contributed by atoms with Gasteiger partial charge < -0.3 is 9.47 Å². The molecule has 0 bridgehead atoms. The monoisotopic (exact) mass is 328 g/mol. The second kappa shape index (κ2) is 7.73. The van der Waals surface area contributed by atoms with Gasteiger partial charge in [0, 0.05) is 36.6 Å². The lowest BCUT2D eigenvalue weighted by Gasteiger charge is -2.36. The largest absolute Gasteiger partial charge is 0.469 e. The molecule has 0 radical (unpaired) electrons. The van der Waals surface area contributed by atoms with Gasteiger partial charge in [-0.25, -0.2) is 0 Å². The summed E-state index contributed by atoms with van der Waals surface area (Å²) in [5.74, 6) is -0.217. The van der Waals surface area contributed by atoms with E-state index in [-0.39, 0.29) is 12.1 Å². The normalized spacial score (nSPS) is 20.0. The van der Waals surface area contributed by atoms with Crippen molar-refractivity contribution < 1.29 is 14.3 Å². The van der Waals surface area contributed by atoms with Gasteiger partial charge in [0.05, 0.1) is 31.8 Å². The number of aromatic nitrogens is 1. The van der Waals surface area contributed by atoms with Gasteiger partial charge in [-0.2, -0.15) is 0 Å². The number of nitrogens with zero attached hydrogens (tertiary/aromatic N) is 2. The summed E-state index contributed by atoms with van der Waals surface area (Å²) in [6.07, 6.45) is 1.11. The van der Waals surface area contributed by atoms with Crippen molar-refractivity contribution in [2.45, 2.75) is 31.9 Å².